The molecule has 0 unspecified atom stereocenters. The summed E-state index contributed by atoms with van der Waals surface area (Å²) in [6, 6.07) is 3.23. The molecule has 3 heteroatoms. The van der Waals surface area contributed by atoms with Crippen LogP contribution in [0.25, 0.3) is 0 Å². The fraction of sp³-hybridized carbons (Fsp3) is 0.538. The van der Waals surface area contributed by atoms with Crippen molar-refractivity contribution in [2.24, 2.45) is 0 Å². The minimum Gasteiger partial charge on any atom is -0.397 e. The molecule has 1 aliphatic rings. The number of rotatable bonds is 2. The lowest BCUT2D eigenvalue weighted by Gasteiger charge is -2.24. The highest BCUT2D eigenvalue weighted by atomic mass is 19.1. The Labute approximate surface area is 96.0 Å². The second kappa shape index (κ2) is 4.73. The number of halogens is 1. The van der Waals surface area contributed by atoms with Crippen molar-refractivity contribution in [2.75, 3.05) is 18.1 Å². The van der Waals surface area contributed by atoms with Crippen LogP contribution >= 0.6 is 0 Å². The summed E-state index contributed by atoms with van der Waals surface area (Å²) in [5, 5.41) is 3.01. The summed E-state index contributed by atoms with van der Waals surface area (Å²) in [6.07, 6.45) is 5.77. The smallest absolute Gasteiger partial charge is 0.128 e. The first-order valence-corrected chi connectivity index (χ1v) is 5.99. The third-order valence-electron chi connectivity index (χ3n) is 3.52. The van der Waals surface area contributed by atoms with Gasteiger partial charge in [-0.15, -0.1) is 0 Å². The lowest BCUT2D eigenvalue weighted by molar-refractivity contribution is 0.431. The van der Waals surface area contributed by atoms with Crippen molar-refractivity contribution < 1.29 is 4.39 Å². The maximum atomic E-state index is 13.8. The highest BCUT2D eigenvalue weighted by Crippen LogP contribution is 2.39. The molecule has 1 aromatic rings. The average molecular weight is 222 g/mol. The Bertz CT molecular complexity index is 370. The molecular formula is C13H19FN2. The third kappa shape index (κ3) is 1.99. The van der Waals surface area contributed by atoms with Gasteiger partial charge in [0.1, 0.15) is 5.82 Å². The van der Waals surface area contributed by atoms with Crippen LogP contribution in [0.2, 0.25) is 0 Å². The van der Waals surface area contributed by atoms with Gasteiger partial charge in [-0.2, -0.15) is 0 Å². The average Bonchev–Trinajstić information content (AvgIpc) is 2.31. The van der Waals surface area contributed by atoms with Gasteiger partial charge in [-0.05, 0) is 30.9 Å². The number of nitrogens with two attached hydrogens (primary N) is 1. The summed E-state index contributed by atoms with van der Waals surface area (Å²) in [6.45, 7) is 0. The van der Waals surface area contributed by atoms with E-state index in [1.165, 1.54) is 25.3 Å². The molecule has 0 aliphatic heterocycles. The van der Waals surface area contributed by atoms with Crippen LogP contribution < -0.4 is 11.1 Å². The molecular weight excluding hydrogens is 203 g/mol. The highest BCUT2D eigenvalue weighted by Gasteiger charge is 2.22. The number of hydrogen-bond acceptors (Lipinski definition) is 2. The number of benzene rings is 1. The zero-order valence-corrected chi connectivity index (χ0v) is 9.72. The fourth-order valence-electron chi connectivity index (χ4n) is 2.63. The molecule has 3 N–H and O–H groups in total. The quantitative estimate of drug-likeness (QED) is 0.752. The van der Waals surface area contributed by atoms with E-state index in [0.717, 1.165) is 24.1 Å². The van der Waals surface area contributed by atoms with Gasteiger partial charge in [0.2, 0.25) is 0 Å². The Kier molecular flexibility index (Phi) is 3.32. The zero-order valence-electron chi connectivity index (χ0n) is 9.72. The van der Waals surface area contributed by atoms with E-state index in [1.807, 2.05) is 7.05 Å². The molecule has 88 valence electrons. The van der Waals surface area contributed by atoms with Gasteiger partial charge in [0.05, 0.1) is 11.4 Å². The van der Waals surface area contributed by atoms with Gasteiger partial charge in [0.25, 0.3) is 0 Å². The molecule has 0 atom stereocenters. The Morgan fingerprint density at radius 1 is 1.25 bits per heavy atom. The molecule has 0 bridgehead atoms. The van der Waals surface area contributed by atoms with E-state index in [1.54, 1.807) is 6.07 Å². The van der Waals surface area contributed by atoms with Crippen molar-refractivity contribution in [3.8, 4) is 0 Å². The predicted octanol–water partition coefficient (Wildman–Crippen LogP) is 3.50. The van der Waals surface area contributed by atoms with E-state index in [9.17, 15) is 4.39 Å². The van der Waals surface area contributed by atoms with Crippen LogP contribution in [0.1, 0.15) is 43.6 Å². The van der Waals surface area contributed by atoms with E-state index >= 15 is 0 Å². The molecule has 2 rings (SSSR count). The first kappa shape index (κ1) is 11.2. The van der Waals surface area contributed by atoms with Crippen LogP contribution in [-0.4, -0.2) is 7.05 Å². The lowest BCUT2D eigenvalue weighted by atomic mass is 9.83. The molecule has 1 saturated carbocycles. The number of nitrogen functional groups attached to an aromatic ring is 1. The minimum atomic E-state index is -0.150. The summed E-state index contributed by atoms with van der Waals surface area (Å²) in [5.74, 6) is 0.158. The van der Waals surface area contributed by atoms with E-state index in [0.29, 0.717) is 11.6 Å². The van der Waals surface area contributed by atoms with E-state index in [4.69, 9.17) is 5.73 Å². The van der Waals surface area contributed by atoms with Crippen molar-refractivity contribution in [1.29, 1.82) is 0 Å². The standard InChI is InChI=1S/C13H19FN2/c1-16-11-8-7-10(14)12(13(11)15)9-5-3-2-4-6-9/h7-9,16H,2-6,15H2,1H3. The molecule has 1 aliphatic carbocycles. The summed E-state index contributed by atoms with van der Waals surface area (Å²) >= 11 is 0. The molecule has 0 spiro atoms. The van der Waals surface area contributed by atoms with Crippen molar-refractivity contribution >= 4 is 11.4 Å². The second-order valence-corrected chi connectivity index (χ2v) is 4.51. The van der Waals surface area contributed by atoms with Crippen LogP contribution in [0.15, 0.2) is 12.1 Å². The van der Waals surface area contributed by atoms with Crippen molar-refractivity contribution in [3.63, 3.8) is 0 Å². The number of anilines is 2. The lowest BCUT2D eigenvalue weighted by Crippen LogP contribution is -2.11. The van der Waals surface area contributed by atoms with Gasteiger partial charge >= 0.3 is 0 Å². The first-order valence-electron chi connectivity index (χ1n) is 5.99. The van der Waals surface area contributed by atoms with Gasteiger partial charge in [0, 0.05) is 12.6 Å². The van der Waals surface area contributed by atoms with E-state index in [-0.39, 0.29) is 5.82 Å². The first-order chi connectivity index (χ1) is 7.74. The van der Waals surface area contributed by atoms with Crippen molar-refractivity contribution in [3.05, 3.63) is 23.5 Å². The van der Waals surface area contributed by atoms with Crippen molar-refractivity contribution in [2.45, 2.75) is 38.0 Å². The van der Waals surface area contributed by atoms with Gasteiger partial charge in [0.15, 0.2) is 0 Å². The topological polar surface area (TPSA) is 38.0 Å². The Morgan fingerprint density at radius 2 is 1.94 bits per heavy atom. The van der Waals surface area contributed by atoms with Crippen LogP contribution in [-0.2, 0) is 0 Å². The summed E-state index contributed by atoms with van der Waals surface area (Å²) in [4.78, 5) is 0. The van der Waals surface area contributed by atoms with Crippen LogP contribution in [0, 0.1) is 5.82 Å². The number of hydrogen-bond donors (Lipinski definition) is 2. The highest BCUT2D eigenvalue weighted by molar-refractivity contribution is 5.70. The molecule has 16 heavy (non-hydrogen) atoms. The van der Waals surface area contributed by atoms with Gasteiger partial charge in [-0.1, -0.05) is 19.3 Å². The van der Waals surface area contributed by atoms with Crippen LogP contribution in [0.5, 0.6) is 0 Å². The molecule has 0 aromatic heterocycles. The Morgan fingerprint density at radius 3 is 2.56 bits per heavy atom. The minimum absolute atomic E-state index is 0.150. The monoisotopic (exact) mass is 222 g/mol. The maximum absolute atomic E-state index is 13.8. The Balaban J connectivity index is 2.37. The molecule has 0 saturated heterocycles. The van der Waals surface area contributed by atoms with E-state index < -0.39 is 0 Å². The zero-order chi connectivity index (χ0) is 11.5. The second-order valence-electron chi connectivity index (χ2n) is 4.51. The van der Waals surface area contributed by atoms with Crippen molar-refractivity contribution in [1.82, 2.24) is 0 Å². The molecule has 2 nitrogen and oxygen atoms in total. The molecule has 0 amide bonds. The normalized spacial score (nSPS) is 17.4. The van der Waals surface area contributed by atoms with Gasteiger partial charge in [-0.25, -0.2) is 4.39 Å². The predicted molar refractivity (Wildman–Crippen MR) is 66.2 cm³/mol. The fourth-order valence-corrected chi connectivity index (χ4v) is 2.63. The van der Waals surface area contributed by atoms with Gasteiger partial charge < -0.3 is 11.1 Å². The van der Waals surface area contributed by atoms with E-state index in [2.05, 4.69) is 5.32 Å². The third-order valence-corrected chi connectivity index (χ3v) is 3.52. The Hall–Kier alpha value is -1.25. The molecule has 1 fully saturated rings. The molecule has 0 heterocycles. The number of nitrogens with one attached hydrogen (secondary N) is 1. The molecule has 1 aromatic carbocycles. The van der Waals surface area contributed by atoms with Crippen LogP contribution in [0.4, 0.5) is 15.8 Å². The SMILES string of the molecule is CNc1ccc(F)c(C2CCCCC2)c1N. The summed E-state index contributed by atoms with van der Waals surface area (Å²) in [7, 11) is 1.81. The molecule has 0 radical (unpaired) electrons. The summed E-state index contributed by atoms with van der Waals surface area (Å²) < 4.78 is 13.8. The largest absolute Gasteiger partial charge is 0.397 e. The van der Waals surface area contributed by atoms with Gasteiger partial charge in [-0.3, -0.25) is 0 Å². The summed E-state index contributed by atoms with van der Waals surface area (Å²) in [5.41, 5.74) is 8.18. The van der Waals surface area contributed by atoms with Crippen LogP contribution in [0.3, 0.4) is 0 Å². The maximum Gasteiger partial charge on any atom is 0.128 e.